The summed E-state index contributed by atoms with van der Waals surface area (Å²) in [6, 6.07) is 13.1. The summed E-state index contributed by atoms with van der Waals surface area (Å²) in [5.41, 5.74) is 1.47. The van der Waals surface area contributed by atoms with Gasteiger partial charge in [-0.3, -0.25) is 9.59 Å². The molecule has 3 atom stereocenters. The average Bonchev–Trinajstić information content (AvgIpc) is 3.23. The van der Waals surface area contributed by atoms with Crippen LogP contribution in [0.5, 0.6) is 5.75 Å². The highest BCUT2D eigenvalue weighted by atomic mass is 19.1. The standard InChI is InChI=1S/C24H27FN2O4/c1-30-20-8-4-16(5-9-20)21-14-19(26-23(28)17-2-6-18(25)7-3-17)15-22(21)24(29)27-10-12-31-13-11-27/h2-9,19,21-22H,10-15H2,1H3,(H,26,28)/t19-,21+,22-/m0/s1. The highest BCUT2D eigenvalue weighted by Gasteiger charge is 2.42. The molecule has 2 aromatic carbocycles. The van der Waals surface area contributed by atoms with Crippen LogP contribution in [0, 0.1) is 11.7 Å². The number of methoxy groups -OCH3 is 1. The molecule has 7 heteroatoms. The fourth-order valence-electron chi connectivity index (χ4n) is 4.54. The van der Waals surface area contributed by atoms with Crippen molar-refractivity contribution in [3.05, 3.63) is 65.5 Å². The molecule has 0 unspecified atom stereocenters. The van der Waals surface area contributed by atoms with E-state index in [1.54, 1.807) is 7.11 Å². The molecule has 0 spiro atoms. The van der Waals surface area contributed by atoms with Crippen LogP contribution in [0.3, 0.4) is 0 Å². The summed E-state index contributed by atoms with van der Waals surface area (Å²) in [5.74, 6) is 0.0255. The number of nitrogens with zero attached hydrogens (tertiary/aromatic N) is 1. The van der Waals surface area contributed by atoms with Crippen molar-refractivity contribution in [1.29, 1.82) is 0 Å². The fraction of sp³-hybridized carbons (Fsp3) is 0.417. The first kappa shape index (κ1) is 21.3. The van der Waals surface area contributed by atoms with Gasteiger partial charge in [-0.2, -0.15) is 0 Å². The predicted octanol–water partition coefficient (Wildman–Crippen LogP) is 2.99. The fourth-order valence-corrected chi connectivity index (χ4v) is 4.54. The van der Waals surface area contributed by atoms with Crippen LogP contribution < -0.4 is 10.1 Å². The molecule has 6 nitrogen and oxygen atoms in total. The van der Waals surface area contributed by atoms with Gasteiger partial charge in [0.05, 0.1) is 20.3 Å². The summed E-state index contributed by atoms with van der Waals surface area (Å²) in [5, 5.41) is 3.04. The summed E-state index contributed by atoms with van der Waals surface area (Å²) in [7, 11) is 1.62. The largest absolute Gasteiger partial charge is 0.497 e. The van der Waals surface area contributed by atoms with Gasteiger partial charge in [-0.1, -0.05) is 12.1 Å². The van der Waals surface area contributed by atoms with Crippen LogP contribution in [-0.4, -0.2) is 56.2 Å². The molecule has 1 saturated carbocycles. The molecular weight excluding hydrogens is 399 g/mol. The molecule has 1 aliphatic heterocycles. The van der Waals surface area contributed by atoms with E-state index in [1.165, 1.54) is 24.3 Å². The SMILES string of the molecule is COc1ccc([C@H]2C[C@H](NC(=O)c3ccc(F)cc3)C[C@@H]2C(=O)N2CCOCC2)cc1. The van der Waals surface area contributed by atoms with Gasteiger partial charge in [-0.15, -0.1) is 0 Å². The van der Waals surface area contributed by atoms with E-state index in [1.807, 2.05) is 29.2 Å². The molecule has 0 bridgehead atoms. The van der Waals surface area contributed by atoms with E-state index < -0.39 is 0 Å². The van der Waals surface area contributed by atoms with Gasteiger partial charge in [0.25, 0.3) is 5.91 Å². The zero-order chi connectivity index (χ0) is 21.8. The molecule has 1 heterocycles. The molecule has 1 saturated heterocycles. The minimum atomic E-state index is -0.381. The van der Waals surface area contributed by atoms with Gasteiger partial charge in [-0.05, 0) is 60.7 Å². The van der Waals surface area contributed by atoms with Gasteiger partial charge < -0.3 is 19.7 Å². The Kier molecular flexibility index (Phi) is 6.51. The van der Waals surface area contributed by atoms with Gasteiger partial charge in [0, 0.05) is 30.6 Å². The first-order chi connectivity index (χ1) is 15.0. The number of carbonyl (C=O) groups is 2. The van der Waals surface area contributed by atoms with Crippen molar-refractivity contribution in [3.63, 3.8) is 0 Å². The topological polar surface area (TPSA) is 67.9 Å². The van der Waals surface area contributed by atoms with Gasteiger partial charge in [0.1, 0.15) is 11.6 Å². The minimum absolute atomic E-state index is 0.000214. The lowest BCUT2D eigenvalue weighted by molar-refractivity contribution is -0.140. The molecule has 2 aromatic rings. The maximum Gasteiger partial charge on any atom is 0.251 e. The van der Waals surface area contributed by atoms with E-state index >= 15 is 0 Å². The van der Waals surface area contributed by atoms with Crippen molar-refractivity contribution in [2.75, 3.05) is 33.4 Å². The van der Waals surface area contributed by atoms with Crippen molar-refractivity contribution in [2.45, 2.75) is 24.8 Å². The van der Waals surface area contributed by atoms with E-state index in [4.69, 9.17) is 9.47 Å². The number of hydrogen-bond acceptors (Lipinski definition) is 4. The Morgan fingerprint density at radius 1 is 1.03 bits per heavy atom. The van der Waals surface area contributed by atoms with E-state index in [2.05, 4.69) is 5.32 Å². The third-order valence-electron chi connectivity index (χ3n) is 6.19. The Morgan fingerprint density at radius 2 is 1.71 bits per heavy atom. The molecule has 0 radical (unpaired) electrons. The normalized spacial score (nSPS) is 23.4. The zero-order valence-electron chi connectivity index (χ0n) is 17.6. The van der Waals surface area contributed by atoms with Crippen LogP contribution in [-0.2, 0) is 9.53 Å². The monoisotopic (exact) mass is 426 g/mol. The number of nitrogens with one attached hydrogen (secondary N) is 1. The second-order valence-electron chi connectivity index (χ2n) is 8.07. The summed E-state index contributed by atoms with van der Waals surface area (Å²) >= 11 is 0. The third-order valence-corrected chi connectivity index (χ3v) is 6.19. The minimum Gasteiger partial charge on any atom is -0.497 e. The predicted molar refractivity (Wildman–Crippen MR) is 114 cm³/mol. The lowest BCUT2D eigenvalue weighted by Gasteiger charge is -2.31. The molecule has 164 valence electrons. The second kappa shape index (κ2) is 9.47. The molecule has 2 aliphatic rings. The second-order valence-corrected chi connectivity index (χ2v) is 8.07. The van der Waals surface area contributed by atoms with E-state index in [-0.39, 0.29) is 35.5 Å². The molecule has 0 aromatic heterocycles. The Morgan fingerprint density at radius 3 is 2.35 bits per heavy atom. The zero-order valence-corrected chi connectivity index (χ0v) is 17.6. The molecule has 4 rings (SSSR count). The van der Waals surface area contributed by atoms with Crippen molar-refractivity contribution in [2.24, 2.45) is 5.92 Å². The summed E-state index contributed by atoms with van der Waals surface area (Å²) in [6.45, 7) is 2.29. The highest BCUT2D eigenvalue weighted by molar-refractivity contribution is 5.94. The van der Waals surface area contributed by atoms with Gasteiger partial charge >= 0.3 is 0 Å². The molecule has 2 fully saturated rings. The lowest BCUT2D eigenvalue weighted by atomic mass is 9.88. The van der Waals surface area contributed by atoms with Gasteiger partial charge in [0.15, 0.2) is 0 Å². The Balaban J connectivity index is 1.52. The molecule has 1 aliphatic carbocycles. The average molecular weight is 426 g/mol. The quantitative estimate of drug-likeness (QED) is 0.798. The van der Waals surface area contributed by atoms with Crippen LogP contribution in [0.1, 0.15) is 34.7 Å². The molecule has 1 N–H and O–H groups in total. The molecule has 31 heavy (non-hydrogen) atoms. The van der Waals surface area contributed by atoms with E-state index in [0.29, 0.717) is 44.7 Å². The summed E-state index contributed by atoms with van der Waals surface area (Å²) in [4.78, 5) is 27.9. The van der Waals surface area contributed by atoms with Crippen molar-refractivity contribution >= 4 is 11.8 Å². The molecule has 2 amide bonds. The van der Waals surface area contributed by atoms with Crippen molar-refractivity contribution < 1.29 is 23.5 Å². The van der Waals surface area contributed by atoms with E-state index in [0.717, 1.165) is 11.3 Å². The van der Waals surface area contributed by atoms with Crippen LogP contribution in [0.25, 0.3) is 0 Å². The maximum absolute atomic E-state index is 13.3. The van der Waals surface area contributed by atoms with Crippen molar-refractivity contribution in [3.8, 4) is 5.75 Å². The van der Waals surface area contributed by atoms with Crippen LogP contribution in [0.15, 0.2) is 48.5 Å². The van der Waals surface area contributed by atoms with E-state index in [9.17, 15) is 14.0 Å². The first-order valence-electron chi connectivity index (χ1n) is 10.6. The highest BCUT2D eigenvalue weighted by Crippen LogP contribution is 2.41. The third kappa shape index (κ3) is 4.88. The van der Waals surface area contributed by atoms with Crippen LogP contribution >= 0.6 is 0 Å². The van der Waals surface area contributed by atoms with Crippen molar-refractivity contribution in [1.82, 2.24) is 10.2 Å². The molecular formula is C24H27FN2O4. The number of rotatable bonds is 5. The maximum atomic E-state index is 13.3. The van der Waals surface area contributed by atoms with Gasteiger partial charge in [-0.25, -0.2) is 4.39 Å². The Bertz CT molecular complexity index is 910. The number of carbonyl (C=O) groups excluding carboxylic acids is 2. The number of benzene rings is 2. The van der Waals surface area contributed by atoms with Crippen LogP contribution in [0.4, 0.5) is 4.39 Å². The number of morpholine rings is 1. The Hall–Kier alpha value is -2.93. The summed E-state index contributed by atoms with van der Waals surface area (Å²) < 4.78 is 23.8. The Labute approximate surface area is 181 Å². The summed E-state index contributed by atoms with van der Waals surface area (Å²) in [6.07, 6.45) is 1.24. The smallest absolute Gasteiger partial charge is 0.251 e. The lowest BCUT2D eigenvalue weighted by Crippen LogP contribution is -2.44. The van der Waals surface area contributed by atoms with Gasteiger partial charge in [0.2, 0.25) is 5.91 Å². The number of hydrogen-bond donors (Lipinski definition) is 1. The van der Waals surface area contributed by atoms with Crippen LogP contribution in [0.2, 0.25) is 0 Å². The number of amides is 2. The first-order valence-corrected chi connectivity index (χ1v) is 10.6. The number of halogens is 1. The number of ether oxygens (including phenoxy) is 2.